The molecule has 0 heterocycles. The Morgan fingerprint density at radius 3 is 2.58 bits per heavy atom. The smallest absolute Gasteiger partial charge is 0.115 e. The summed E-state index contributed by atoms with van der Waals surface area (Å²) in [7, 11) is 0. The Labute approximate surface area is 157 Å². The van der Waals surface area contributed by atoms with E-state index in [1.807, 2.05) is 12.1 Å². The van der Waals surface area contributed by atoms with Crippen LogP contribution in [0.25, 0.3) is 0 Å². The van der Waals surface area contributed by atoms with E-state index in [0.717, 1.165) is 24.2 Å². The molecule has 2 saturated carbocycles. The number of hydrogen-bond acceptors (Lipinski definition) is 1. The number of rotatable bonds is 1. The van der Waals surface area contributed by atoms with Crippen molar-refractivity contribution in [1.29, 1.82) is 0 Å². The summed E-state index contributed by atoms with van der Waals surface area (Å²) >= 11 is 0. The Bertz CT molecular complexity index is 821. The van der Waals surface area contributed by atoms with Gasteiger partial charge in [0.25, 0.3) is 0 Å². The van der Waals surface area contributed by atoms with Gasteiger partial charge in [-0.15, -0.1) is 0 Å². The molecule has 0 aliphatic heterocycles. The van der Waals surface area contributed by atoms with Gasteiger partial charge in [-0.1, -0.05) is 42.8 Å². The summed E-state index contributed by atoms with van der Waals surface area (Å²) in [5.74, 6) is 3.57. The van der Waals surface area contributed by atoms with Crippen molar-refractivity contribution in [2.45, 2.75) is 64.2 Å². The summed E-state index contributed by atoms with van der Waals surface area (Å²) in [6, 6.07) is 15.5. The summed E-state index contributed by atoms with van der Waals surface area (Å²) in [5, 5.41) is 9.86. The molecular formula is C25H30O. The zero-order valence-electron chi connectivity index (χ0n) is 16.0. The molecule has 5 atom stereocenters. The maximum atomic E-state index is 9.86. The molecule has 0 saturated heterocycles. The minimum atomic E-state index is 0.433. The first-order valence-corrected chi connectivity index (χ1v) is 10.4. The Morgan fingerprint density at radius 2 is 1.77 bits per heavy atom. The summed E-state index contributed by atoms with van der Waals surface area (Å²) in [6.45, 7) is 4.78. The summed E-state index contributed by atoms with van der Waals surface area (Å²) < 4.78 is 0. The van der Waals surface area contributed by atoms with Gasteiger partial charge in [0.2, 0.25) is 0 Å². The molecule has 1 nitrogen and oxygen atoms in total. The summed E-state index contributed by atoms with van der Waals surface area (Å²) in [6.07, 6.45) is 7.86. The van der Waals surface area contributed by atoms with E-state index in [1.165, 1.54) is 43.2 Å². The van der Waals surface area contributed by atoms with E-state index < -0.39 is 0 Å². The minimum Gasteiger partial charge on any atom is -0.508 e. The van der Waals surface area contributed by atoms with Crippen molar-refractivity contribution in [3.05, 3.63) is 64.7 Å². The van der Waals surface area contributed by atoms with Crippen LogP contribution in [0.15, 0.2) is 42.5 Å². The van der Waals surface area contributed by atoms with Crippen molar-refractivity contribution in [1.82, 2.24) is 0 Å². The summed E-state index contributed by atoms with van der Waals surface area (Å²) in [5.41, 5.74) is 6.34. The largest absolute Gasteiger partial charge is 0.508 e. The van der Waals surface area contributed by atoms with Crippen molar-refractivity contribution in [3.8, 4) is 5.75 Å². The van der Waals surface area contributed by atoms with Crippen LogP contribution in [0.1, 0.15) is 73.1 Å². The molecule has 5 rings (SSSR count). The van der Waals surface area contributed by atoms with Crippen molar-refractivity contribution in [3.63, 3.8) is 0 Å². The van der Waals surface area contributed by atoms with E-state index >= 15 is 0 Å². The van der Waals surface area contributed by atoms with Crippen molar-refractivity contribution < 1.29 is 5.11 Å². The fourth-order valence-corrected chi connectivity index (χ4v) is 6.92. The highest BCUT2D eigenvalue weighted by Crippen LogP contribution is 2.65. The van der Waals surface area contributed by atoms with E-state index in [2.05, 4.69) is 44.2 Å². The van der Waals surface area contributed by atoms with Gasteiger partial charge in [-0.25, -0.2) is 0 Å². The molecule has 0 radical (unpaired) electrons. The van der Waals surface area contributed by atoms with E-state index in [-0.39, 0.29) is 0 Å². The van der Waals surface area contributed by atoms with Crippen LogP contribution in [0.2, 0.25) is 0 Å². The number of fused-ring (bicyclic) bond motifs is 5. The average molecular weight is 347 g/mol. The van der Waals surface area contributed by atoms with Gasteiger partial charge >= 0.3 is 0 Å². The molecule has 2 fully saturated rings. The molecule has 0 amide bonds. The third-order valence-corrected chi connectivity index (χ3v) is 8.19. The zero-order chi connectivity index (χ0) is 17.9. The topological polar surface area (TPSA) is 20.2 Å². The highest BCUT2D eigenvalue weighted by molar-refractivity contribution is 5.40. The standard InChI is InChI=1S/C25H30O/c1-16-3-5-17(6-4-16)23-11-12-24-22-9-7-18-15-19(26)8-10-20(18)21(22)13-14-25(23,24)2/h3-6,8,10,15,21-24,26H,7,9,11-14H2,1-2H3/t21-,22-,23-,24+,25-/m1/s1. The monoisotopic (exact) mass is 346 g/mol. The van der Waals surface area contributed by atoms with Gasteiger partial charge in [0, 0.05) is 0 Å². The van der Waals surface area contributed by atoms with E-state index in [4.69, 9.17) is 0 Å². The maximum Gasteiger partial charge on any atom is 0.115 e. The normalized spacial score (nSPS) is 35.5. The van der Waals surface area contributed by atoms with Gasteiger partial charge in [0.1, 0.15) is 5.75 Å². The van der Waals surface area contributed by atoms with Gasteiger partial charge in [0.15, 0.2) is 0 Å². The van der Waals surface area contributed by atoms with Crippen LogP contribution < -0.4 is 0 Å². The first-order valence-electron chi connectivity index (χ1n) is 10.4. The van der Waals surface area contributed by atoms with Gasteiger partial charge in [-0.05, 0) is 103 Å². The van der Waals surface area contributed by atoms with Crippen molar-refractivity contribution in [2.24, 2.45) is 17.3 Å². The van der Waals surface area contributed by atoms with Crippen molar-refractivity contribution >= 4 is 0 Å². The molecule has 1 heteroatoms. The first-order chi connectivity index (χ1) is 12.6. The molecule has 2 aromatic rings. The van der Waals surface area contributed by atoms with Gasteiger partial charge in [-0.3, -0.25) is 0 Å². The minimum absolute atomic E-state index is 0.433. The third-order valence-electron chi connectivity index (χ3n) is 8.19. The van der Waals surface area contributed by atoms with Crippen LogP contribution in [-0.4, -0.2) is 5.11 Å². The molecular weight excluding hydrogens is 316 g/mol. The van der Waals surface area contributed by atoms with E-state index in [1.54, 1.807) is 11.1 Å². The van der Waals surface area contributed by atoms with Crippen LogP contribution in [0.3, 0.4) is 0 Å². The lowest BCUT2D eigenvalue weighted by Gasteiger charge is -2.51. The molecule has 26 heavy (non-hydrogen) atoms. The lowest BCUT2D eigenvalue weighted by atomic mass is 9.53. The number of aromatic hydroxyl groups is 1. The van der Waals surface area contributed by atoms with E-state index in [0.29, 0.717) is 17.1 Å². The lowest BCUT2D eigenvalue weighted by molar-refractivity contribution is 0.0481. The Kier molecular flexibility index (Phi) is 3.71. The molecule has 0 unspecified atom stereocenters. The fraction of sp³-hybridized carbons (Fsp3) is 0.520. The second-order valence-electron chi connectivity index (χ2n) is 9.38. The van der Waals surface area contributed by atoms with Crippen LogP contribution in [0.4, 0.5) is 0 Å². The van der Waals surface area contributed by atoms with Crippen LogP contribution in [-0.2, 0) is 6.42 Å². The van der Waals surface area contributed by atoms with Gasteiger partial charge < -0.3 is 5.11 Å². The lowest BCUT2D eigenvalue weighted by Crippen LogP contribution is -2.41. The van der Waals surface area contributed by atoms with Gasteiger partial charge in [0.05, 0.1) is 0 Å². The molecule has 2 aromatic carbocycles. The second kappa shape index (κ2) is 5.87. The molecule has 3 aliphatic carbocycles. The van der Waals surface area contributed by atoms with Crippen LogP contribution in [0, 0.1) is 24.2 Å². The fourth-order valence-electron chi connectivity index (χ4n) is 6.92. The zero-order valence-corrected chi connectivity index (χ0v) is 16.0. The molecule has 1 N–H and O–H groups in total. The Hall–Kier alpha value is -1.76. The molecule has 0 aromatic heterocycles. The van der Waals surface area contributed by atoms with Crippen LogP contribution in [0.5, 0.6) is 5.75 Å². The number of benzene rings is 2. The second-order valence-corrected chi connectivity index (χ2v) is 9.38. The number of phenols is 1. The molecule has 0 bridgehead atoms. The SMILES string of the molecule is Cc1ccc([C@H]2CC[C@H]3[C@@H]4CCc5cc(O)ccc5[C@H]4CC[C@]23C)cc1. The number of aryl methyl sites for hydroxylation is 2. The van der Waals surface area contributed by atoms with Gasteiger partial charge in [-0.2, -0.15) is 0 Å². The van der Waals surface area contributed by atoms with Crippen molar-refractivity contribution in [2.75, 3.05) is 0 Å². The molecule has 0 spiro atoms. The number of hydrogen-bond donors (Lipinski definition) is 1. The maximum absolute atomic E-state index is 9.86. The first kappa shape index (κ1) is 16.4. The quantitative estimate of drug-likeness (QED) is 0.638. The Balaban J connectivity index is 1.47. The predicted molar refractivity (Wildman–Crippen MR) is 107 cm³/mol. The predicted octanol–water partition coefficient (Wildman–Crippen LogP) is 6.34. The molecule has 3 aliphatic rings. The third kappa shape index (κ3) is 2.36. The Morgan fingerprint density at radius 1 is 0.962 bits per heavy atom. The highest BCUT2D eigenvalue weighted by Gasteiger charge is 2.54. The molecule has 136 valence electrons. The van der Waals surface area contributed by atoms with E-state index in [9.17, 15) is 5.11 Å². The average Bonchev–Trinajstić information content (AvgIpc) is 2.99. The number of phenolic OH excluding ortho intramolecular Hbond substituents is 1. The highest BCUT2D eigenvalue weighted by atomic mass is 16.3. The van der Waals surface area contributed by atoms with Crippen LogP contribution >= 0.6 is 0 Å². The summed E-state index contributed by atoms with van der Waals surface area (Å²) in [4.78, 5) is 0.